The molecular formula is C22H25ClFN5O3. The number of nitrogens with zero attached hydrogens (tertiary/aromatic N) is 2. The van der Waals surface area contributed by atoms with Gasteiger partial charge in [0.1, 0.15) is 29.6 Å². The van der Waals surface area contributed by atoms with Crippen molar-refractivity contribution >= 4 is 28.9 Å². The number of carbonyl (C=O) groups is 1. The first-order valence-electron chi connectivity index (χ1n) is 10.4. The zero-order valence-electron chi connectivity index (χ0n) is 17.8. The van der Waals surface area contributed by atoms with E-state index in [1.54, 1.807) is 6.92 Å². The summed E-state index contributed by atoms with van der Waals surface area (Å²) < 4.78 is 19.8. The molecule has 2 atom stereocenters. The van der Waals surface area contributed by atoms with Gasteiger partial charge < -0.3 is 30.8 Å². The fourth-order valence-corrected chi connectivity index (χ4v) is 4.03. The Balaban J connectivity index is 1.58. The average Bonchev–Trinajstić information content (AvgIpc) is 3.14. The molecule has 3 aliphatic heterocycles. The van der Waals surface area contributed by atoms with Gasteiger partial charge >= 0.3 is 0 Å². The quantitative estimate of drug-likeness (QED) is 0.551. The summed E-state index contributed by atoms with van der Waals surface area (Å²) in [6.45, 7) is 4.90. The van der Waals surface area contributed by atoms with Gasteiger partial charge in [0.25, 0.3) is 5.91 Å². The fourth-order valence-electron chi connectivity index (χ4n) is 3.94. The van der Waals surface area contributed by atoms with Crippen molar-refractivity contribution in [1.82, 2.24) is 15.5 Å². The van der Waals surface area contributed by atoms with Gasteiger partial charge in [-0.1, -0.05) is 11.6 Å². The van der Waals surface area contributed by atoms with Gasteiger partial charge in [-0.05, 0) is 38.9 Å². The van der Waals surface area contributed by atoms with Crippen LogP contribution in [-0.2, 0) is 0 Å². The number of halogens is 2. The molecule has 0 aliphatic carbocycles. The van der Waals surface area contributed by atoms with Crippen molar-refractivity contribution in [3.8, 4) is 5.75 Å². The van der Waals surface area contributed by atoms with Crippen molar-refractivity contribution in [2.75, 3.05) is 26.2 Å². The van der Waals surface area contributed by atoms with Gasteiger partial charge in [-0.3, -0.25) is 4.79 Å². The molecule has 32 heavy (non-hydrogen) atoms. The van der Waals surface area contributed by atoms with Crippen LogP contribution in [0.2, 0.25) is 0 Å². The van der Waals surface area contributed by atoms with Crippen LogP contribution >= 0.6 is 11.6 Å². The second-order valence-electron chi connectivity index (χ2n) is 8.09. The van der Waals surface area contributed by atoms with E-state index >= 15 is 0 Å². The highest BCUT2D eigenvalue weighted by molar-refractivity contribution is 6.43. The van der Waals surface area contributed by atoms with Gasteiger partial charge in [-0.2, -0.15) is 0 Å². The number of carbonyl (C=O) groups excluding carboxylic acids is 1. The summed E-state index contributed by atoms with van der Waals surface area (Å²) >= 11 is 6.18. The van der Waals surface area contributed by atoms with Crippen LogP contribution in [0.4, 0.5) is 4.39 Å². The first-order chi connectivity index (χ1) is 15.2. The number of aliphatic hydroxyl groups excluding tert-OH is 1. The molecule has 170 valence electrons. The minimum absolute atomic E-state index is 0.0869. The number of aliphatic hydroxyl groups is 1. The van der Waals surface area contributed by atoms with E-state index in [0.29, 0.717) is 41.6 Å². The number of hydrogen-bond acceptors (Lipinski definition) is 7. The summed E-state index contributed by atoms with van der Waals surface area (Å²) in [4.78, 5) is 19.2. The van der Waals surface area contributed by atoms with Crippen LogP contribution in [0, 0.1) is 11.2 Å². The van der Waals surface area contributed by atoms with E-state index in [0.717, 1.165) is 11.8 Å². The van der Waals surface area contributed by atoms with Crippen molar-refractivity contribution in [2.24, 2.45) is 4.99 Å². The number of β-amino-alcohol motifs (C(OH)–C–C–N with tert-alkyl or cyclic N) is 1. The highest BCUT2D eigenvalue weighted by atomic mass is 35.5. The fraction of sp³-hybridized carbons (Fsp3) is 0.409. The summed E-state index contributed by atoms with van der Waals surface area (Å²) in [7, 11) is 0. The number of allylic oxidation sites excluding steroid dienone is 2. The topological polar surface area (TPSA) is 110 Å². The van der Waals surface area contributed by atoms with E-state index in [2.05, 4.69) is 15.6 Å². The Hall–Kier alpha value is -2.75. The Morgan fingerprint density at radius 2 is 2.16 bits per heavy atom. The summed E-state index contributed by atoms with van der Waals surface area (Å²) in [5, 5.41) is 25.2. The lowest BCUT2D eigenvalue weighted by Crippen LogP contribution is -2.46. The van der Waals surface area contributed by atoms with E-state index in [9.17, 15) is 14.3 Å². The number of hydrogen-bond donors (Lipinski definition) is 4. The molecule has 1 unspecified atom stereocenters. The largest absolute Gasteiger partial charge is 0.487 e. The van der Waals surface area contributed by atoms with Crippen LogP contribution in [0.25, 0.3) is 0 Å². The maximum atomic E-state index is 14.0. The molecule has 0 radical (unpaired) electrons. The van der Waals surface area contributed by atoms with E-state index in [-0.39, 0.29) is 36.0 Å². The van der Waals surface area contributed by atoms with Gasteiger partial charge in [0.2, 0.25) is 0 Å². The predicted molar refractivity (Wildman–Crippen MR) is 120 cm³/mol. The molecule has 3 heterocycles. The van der Waals surface area contributed by atoms with E-state index in [4.69, 9.17) is 21.7 Å². The molecule has 4 rings (SSSR count). The van der Waals surface area contributed by atoms with E-state index < -0.39 is 18.0 Å². The SMILES string of the molecule is CC1=N/C(=C2\CN(C(=O)c3ccc(F)cc3O[C@H]3CCNCC3O)CC2=N)NC(C)=C1Cl. The number of rotatable bonds is 3. The van der Waals surface area contributed by atoms with E-state index in [1.807, 2.05) is 6.92 Å². The molecule has 8 nitrogen and oxygen atoms in total. The van der Waals surface area contributed by atoms with Crippen LogP contribution in [0.1, 0.15) is 30.6 Å². The van der Waals surface area contributed by atoms with Crippen LogP contribution in [-0.4, -0.2) is 65.7 Å². The van der Waals surface area contributed by atoms with Crippen molar-refractivity contribution in [3.63, 3.8) is 0 Å². The molecule has 0 aromatic heterocycles. The smallest absolute Gasteiger partial charge is 0.258 e. The molecular weight excluding hydrogens is 437 g/mol. The molecule has 10 heteroatoms. The molecule has 1 aromatic carbocycles. The number of piperidine rings is 1. The van der Waals surface area contributed by atoms with Gasteiger partial charge in [-0.15, -0.1) is 0 Å². The number of benzene rings is 1. The summed E-state index contributed by atoms with van der Waals surface area (Å²) in [6, 6.07) is 3.74. The third-order valence-corrected chi connectivity index (χ3v) is 6.27. The highest BCUT2D eigenvalue weighted by Crippen LogP contribution is 2.28. The molecule has 0 spiro atoms. The standard InChI is InChI=1S/C22H25ClFN5O3/c1-11-20(23)12(2)28-21(27-11)15-9-29(10-16(15)25)22(31)14-4-3-13(24)7-19(14)32-18-5-6-26-8-17(18)30/h3-4,7,17-18,25-27,30H,5-6,8-10H2,1-2H3/b21-15+,25-16?/t17?,18-/m0/s1. The Morgan fingerprint density at radius 3 is 2.88 bits per heavy atom. The molecule has 2 fully saturated rings. The normalized spacial score (nSPS) is 26.2. The van der Waals surface area contributed by atoms with Gasteiger partial charge in [-0.25, -0.2) is 9.38 Å². The van der Waals surface area contributed by atoms with Crippen LogP contribution in [0.3, 0.4) is 0 Å². The van der Waals surface area contributed by atoms with Gasteiger partial charge in [0, 0.05) is 23.9 Å². The molecule has 1 amide bonds. The Labute approximate surface area is 190 Å². The lowest BCUT2D eigenvalue weighted by Gasteiger charge is -2.29. The van der Waals surface area contributed by atoms with Crippen molar-refractivity contribution in [3.05, 3.63) is 51.7 Å². The summed E-state index contributed by atoms with van der Waals surface area (Å²) in [6.07, 6.45) is -0.760. The Bertz CT molecular complexity index is 1070. The van der Waals surface area contributed by atoms with Gasteiger partial charge in [0.15, 0.2) is 0 Å². The number of likely N-dealkylation sites (tertiary alicyclic amines) is 1. The van der Waals surface area contributed by atoms with Gasteiger partial charge in [0.05, 0.1) is 35.1 Å². The van der Waals surface area contributed by atoms with Crippen LogP contribution in [0.5, 0.6) is 5.75 Å². The first-order valence-corrected chi connectivity index (χ1v) is 10.8. The zero-order chi connectivity index (χ0) is 23.0. The van der Waals surface area contributed by atoms with Crippen LogP contribution < -0.4 is 15.4 Å². The second-order valence-corrected chi connectivity index (χ2v) is 8.46. The molecule has 2 saturated heterocycles. The average molecular weight is 462 g/mol. The number of ether oxygens (including phenoxy) is 1. The monoisotopic (exact) mass is 461 g/mol. The maximum absolute atomic E-state index is 14.0. The number of aliphatic imine (C=N–C) groups is 1. The number of amides is 1. The van der Waals surface area contributed by atoms with Crippen LogP contribution in [0.15, 0.2) is 45.3 Å². The van der Waals surface area contributed by atoms with E-state index in [1.165, 1.54) is 17.0 Å². The Kier molecular flexibility index (Phi) is 6.32. The molecule has 1 aromatic rings. The molecule has 0 bridgehead atoms. The predicted octanol–water partition coefficient (Wildman–Crippen LogP) is 2.15. The van der Waals surface area contributed by atoms with Crippen molar-refractivity contribution in [2.45, 2.75) is 32.5 Å². The minimum atomic E-state index is -0.757. The third kappa shape index (κ3) is 4.41. The third-order valence-electron chi connectivity index (χ3n) is 5.71. The minimum Gasteiger partial charge on any atom is -0.487 e. The van der Waals surface area contributed by atoms with Crippen molar-refractivity contribution < 1.29 is 19.0 Å². The second kappa shape index (κ2) is 9.01. The molecule has 3 aliphatic rings. The molecule has 0 saturated carbocycles. The summed E-state index contributed by atoms with van der Waals surface area (Å²) in [5.74, 6) is -0.334. The Morgan fingerprint density at radius 1 is 1.38 bits per heavy atom. The molecule has 4 N–H and O–H groups in total. The summed E-state index contributed by atoms with van der Waals surface area (Å²) in [5.41, 5.74) is 2.42. The first kappa shape index (κ1) is 22.4. The zero-order valence-corrected chi connectivity index (χ0v) is 18.6. The number of nitrogens with one attached hydrogen (secondary N) is 3. The maximum Gasteiger partial charge on any atom is 0.258 e. The van der Waals surface area contributed by atoms with Crippen molar-refractivity contribution in [1.29, 1.82) is 5.41 Å². The highest BCUT2D eigenvalue weighted by Gasteiger charge is 2.33. The lowest BCUT2D eigenvalue weighted by atomic mass is 10.1. The lowest BCUT2D eigenvalue weighted by molar-refractivity contribution is 0.0154.